The molecule has 0 bridgehead atoms. The molecule has 0 atom stereocenters. The van der Waals surface area contributed by atoms with Crippen LogP contribution in [0.4, 0.5) is 0 Å². The second-order valence-corrected chi connectivity index (χ2v) is 10.7. The second-order valence-electron chi connectivity index (χ2n) is 8.84. The minimum atomic E-state index is -3.51. The average molecular weight is 420 g/mol. The molecular formula is C24H52O3P+. The van der Waals surface area contributed by atoms with Crippen LogP contribution >= 0.6 is 7.94 Å². The molecule has 170 valence electrons. The maximum atomic E-state index is 8.91. The monoisotopic (exact) mass is 419 g/mol. The molecule has 0 aromatic heterocycles. The van der Waals surface area contributed by atoms with Gasteiger partial charge in [-0.1, -0.05) is 135 Å². The van der Waals surface area contributed by atoms with Crippen molar-refractivity contribution in [1.82, 2.24) is 0 Å². The highest BCUT2D eigenvalue weighted by molar-refractivity contribution is 7.58. The van der Waals surface area contributed by atoms with Crippen LogP contribution in [0.25, 0.3) is 0 Å². The van der Waals surface area contributed by atoms with E-state index in [0.717, 1.165) is 19.3 Å². The molecule has 0 aliphatic heterocycles. The molecule has 0 saturated carbocycles. The molecule has 0 saturated heterocycles. The smallest absolute Gasteiger partial charge is 0.193 e. The lowest BCUT2D eigenvalue weighted by atomic mass is 10.0. The number of hydrogen-bond donors (Lipinski definition) is 3. The van der Waals surface area contributed by atoms with E-state index in [2.05, 4.69) is 6.92 Å². The van der Waals surface area contributed by atoms with Crippen LogP contribution in [0.5, 0.6) is 0 Å². The van der Waals surface area contributed by atoms with Crippen LogP contribution in [0.15, 0.2) is 0 Å². The van der Waals surface area contributed by atoms with Gasteiger partial charge in [-0.15, -0.1) is 0 Å². The van der Waals surface area contributed by atoms with Crippen LogP contribution in [-0.4, -0.2) is 20.8 Å². The van der Waals surface area contributed by atoms with Crippen molar-refractivity contribution in [3.63, 3.8) is 0 Å². The van der Waals surface area contributed by atoms with Crippen LogP contribution in [0.3, 0.4) is 0 Å². The lowest BCUT2D eigenvalue weighted by molar-refractivity contribution is 0.328. The summed E-state index contributed by atoms with van der Waals surface area (Å²) in [6.07, 6.45) is 29.8. The first-order valence-electron chi connectivity index (χ1n) is 12.6. The van der Waals surface area contributed by atoms with Gasteiger partial charge in [0.15, 0.2) is 0 Å². The Balaban J connectivity index is 3.01. The molecule has 28 heavy (non-hydrogen) atoms. The van der Waals surface area contributed by atoms with E-state index in [4.69, 9.17) is 14.7 Å². The lowest BCUT2D eigenvalue weighted by Crippen LogP contribution is -1.95. The van der Waals surface area contributed by atoms with Gasteiger partial charge in [-0.3, -0.25) is 0 Å². The molecule has 4 heteroatoms. The number of hydrogen-bond acceptors (Lipinski definition) is 3. The molecule has 0 unspecified atom stereocenters. The largest absolute Gasteiger partial charge is 0.403 e. The third-order valence-electron chi connectivity index (χ3n) is 5.81. The van der Waals surface area contributed by atoms with E-state index in [-0.39, 0.29) is 6.16 Å². The highest BCUT2D eigenvalue weighted by atomic mass is 31.2. The first kappa shape index (κ1) is 28.3. The Labute approximate surface area is 177 Å². The van der Waals surface area contributed by atoms with Crippen molar-refractivity contribution in [3.05, 3.63) is 0 Å². The van der Waals surface area contributed by atoms with Gasteiger partial charge in [0.2, 0.25) is 0 Å². The van der Waals surface area contributed by atoms with Crippen LogP contribution < -0.4 is 0 Å². The van der Waals surface area contributed by atoms with E-state index < -0.39 is 7.94 Å². The maximum absolute atomic E-state index is 8.91. The summed E-state index contributed by atoms with van der Waals surface area (Å²) in [7, 11) is -3.51. The zero-order chi connectivity index (χ0) is 20.8. The zero-order valence-electron chi connectivity index (χ0n) is 19.1. The van der Waals surface area contributed by atoms with Gasteiger partial charge in [0.1, 0.15) is 6.16 Å². The Bertz CT molecular complexity index is 292. The Morgan fingerprint density at radius 2 is 0.571 bits per heavy atom. The van der Waals surface area contributed by atoms with Gasteiger partial charge in [-0.05, 0) is 12.8 Å². The average Bonchev–Trinajstić information content (AvgIpc) is 2.65. The molecule has 0 amide bonds. The topological polar surface area (TPSA) is 60.7 Å². The Kier molecular flexibility index (Phi) is 22.2. The zero-order valence-corrected chi connectivity index (χ0v) is 19.9. The summed E-state index contributed by atoms with van der Waals surface area (Å²) in [5.41, 5.74) is 0. The van der Waals surface area contributed by atoms with Crippen LogP contribution in [-0.2, 0) is 0 Å². The molecule has 0 rings (SSSR count). The predicted molar refractivity (Wildman–Crippen MR) is 126 cm³/mol. The normalized spacial score (nSPS) is 12.0. The summed E-state index contributed by atoms with van der Waals surface area (Å²) in [6.45, 7) is 2.29. The highest BCUT2D eigenvalue weighted by Crippen LogP contribution is 2.45. The number of rotatable bonds is 23. The molecule has 0 radical (unpaired) electrons. The van der Waals surface area contributed by atoms with E-state index in [0.29, 0.717) is 0 Å². The van der Waals surface area contributed by atoms with Crippen molar-refractivity contribution in [2.75, 3.05) is 6.16 Å². The molecule has 0 aromatic rings. The molecule has 0 aromatic carbocycles. The Hall–Kier alpha value is 0.310. The quantitative estimate of drug-likeness (QED) is 0.115. The Morgan fingerprint density at radius 1 is 0.357 bits per heavy atom. The summed E-state index contributed by atoms with van der Waals surface area (Å²) in [5.74, 6) is 0. The van der Waals surface area contributed by atoms with Gasteiger partial charge in [0.05, 0.1) is 0 Å². The molecule has 3 nitrogen and oxygen atoms in total. The van der Waals surface area contributed by atoms with Gasteiger partial charge in [-0.2, -0.15) is 14.7 Å². The third-order valence-corrected chi connectivity index (χ3v) is 6.73. The number of unbranched alkanes of at least 4 members (excludes halogenated alkanes) is 21. The molecule has 0 aliphatic carbocycles. The summed E-state index contributed by atoms with van der Waals surface area (Å²) in [5, 5.41) is 0. The van der Waals surface area contributed by atoms with Crippen molar-refractivity contribution < 1.29 is 14.7 Å². The third kappa shape index (κ3) is 26.3. The van der Waals surface area contributed by atoms with Gasteiger partial charge in [0.25, 0.3) is 0 Å². The predicted octanol–water partition coefficient (Wildman–Crippen LogP) is 8.33. The summed E-state index contributed by atoms with van der Waals surface area (Å²) >= 11 is 0. The first-order valence-corrected chi connectivity index (χ1v) is 14.5. The molecule has 3 N–H and O–H groups in total. The van der Waals surface area contributed by atoms with Crippen molar-refractivity contribution in [1.29, 1.82) is 0 Å². The standard InChI is InChI=1S/C24H52O3P/c1-2-3-4-5-6-7-8-9-10-11-12-13-14-15-16-17-18-19-20-21-22-23-24-28(25,26)27/h25-27H,2-24H2,1H3/q+1. The van der Waals surface area contributed by atoms with E-state index >= 15 is 0 Å². The minimum absolute atomic E-state index is 0.173. The SMILES string of the molecule is CCCCCCCCCCCCCCCCCCCCCCCC[P+](O)(O)O. The van der Waals surface area contributed by atoms with E-state index in [1.165, 1.54) is 122 Å². The summed E-state index contributed by atoms with van der Waals surface area (Å²) in [6, 6.07) is 0. The van der Waals surface area contributed by atoms with Gasteiger partial charge in [-0.25, -0.2) is 0 Å². The van der Waals surface area contributed by atoms with Gasteiger partial charge >= 0.3 is 7.94 Å². The highest BCUT2D eigenvalue weighted by Gasteiger charge is 2.27. The molecule has 0 spiro atoms. The van der Waals surface area contributed by atoms with Gasteiger partial charge in [0, 0.05) is 0 Å². The van der Waals surface area contributed by atoms with E-state index in [1.54, 1.807) is 0 Å². The fraction of sp³-hybridized carbons (Fsp3) is 1.00. The summed E-state index contributed by atoms with van der Waals surface area (Å²) < 4.78 is 0. The van der Waals surface area contributed by atoms with Crippen LogP contribution in [0.1, 0.15) is 148 Å². The molecule has 0 fully saturated rings. The summed E-state index contributed by atoms with van der Waals surface area (Å²) in [4.78, 5) is 26.7. The Morgan fingerprint density at radius 3 is 0.786 bits per heavy atom. The van der Waals surface area contributed by atoms with E-state index in [9.17, 15) is 0 Å². The fourth-order valence-corrected chi connectivity index (χ4v) is 4.58. The fourth-order valence-electron chi connectivity index (χ4n) is 3.93. The lowest BCUT2D eigenvalue weighted by Gasteiger charge is -2.05. The van der Waals surface area contributed by atoms with Gasteiger partial charge < -0.3 is 0 Å². The second kappa shape index (κ2) is 22.0. The van der Waals surface area contributed by atoms with Crippen LogP contribution in [0.2, 0.25) is 0 Å². The van der Waals surface area contributed by atoms with Crippen LogP contribution in [0, 0.1) is 0 Å². The first-order chi connectivity index (χ1) is 13.6. The molecular weight excluding hydrogens is 367 g/mol. The van der Waals surface area contributed by atoms with E-state index in [1.807, 2.05) is 0 Å². The van der Waals surface area contributed by atoms with Crippen molar-refractivity contribution >= 4 is 7.94 Å². The minimum Gasteiger partial charge on any atom is -0.193 e. The molecule has 0 heterocycles. The maximum Gasteiger partial charge on any atom is 0.403 e. The molecule has 0 aliphatic rings. The van der Waals surface area contributed by atoms with Crippen molar-refractivity contribution in [2.45, 2.75) is 148 Å². The van der Waals surface area contributed by atoms with Crippen molar-refractivity contribution in [2.24, 2.45) is 0 Å². The van der Waals surface area contributed by atoms with Crippen molar-refractivity contribution in [3.8, 4) is 0 Å².